The van der Waals surface area contributed by atoms with E-state index in [4.69, 9.17) is 16.1 Å². The van der Waals surface area contributed by atoms with Crippen molar-refractivity contribution < 1.29 is 23.6 Å². The van der Waals surface area contributed by atoms with Crippen molar-refractivity contribution in [3.05, 3.63) is 71.8 Å². The molecule has 2 aromatic rings. The summed E-state index contributed by atoms with van der Waals surface area (Å²) < 4.78 is 16.2. The zero-order valence-electron chi connectivity index (χ0n) is 15.3. The Hall–Kier alpha value is -1.69. The predicted octanol–water partition coefficient (Wildman–Crippen LogP) is 4.99. The molecule has 1 aliphatic carbocycles. The zero-order chi connectivity index (χ0) is 20.0. The number of hydroxylamine groups is 2. The summed E-state index contributed by atoms with van der Waals surface area (Å²) in [5.41, 5.74) is 1.56. The molecule has 2 unspecified atom stereocenters. The Balaban J connectivity index is 1.90. The van der Waals surface area contributed by atoms with Gasteiger partial charge in [-0.2, -0.15) is 5.06 Å². The van der Waals surface area contributed by atoms with Crippen molar-refractivity contribution in [2.24, 2.45) is 0 Å². The summed E-state index contributed by atoms with van der Waals surface area (Å²) in [4.78, 5) is 28.2. The molecule has 28 heavy (non-hydrogen) atoms. The monoisotopic (exact) mass is 423 g/mol. The van der Waals surface area contributed by atoms with Crippen LogP contribution in [0.1, 0.15) is 42.9 Å². The van der Waals surface area contributed by atoms with Crippen LogP contribution in [0.3, 0.4) is 0 Å². The Labute approximate surface area is 169 Å². The smallest absolute Gasteiger partial charge is 0.379 e. The molecular formula is C20H23ClNO5P. The van der Waals surface area contributed by atoms with E-state index in [1.54, 1.807) is 29.3 Å². The molecule has 0 aliphatic heterocycles. The molecule has 150 valence electrons. The normalized spacial score (nSPS) is 18.0. The van der Waals surface area contributed by atoms with E-state index in [-0.39, 0.29) is 12.6 Å². The molecule has 0 saturated heterocycles. The molecule has 2 aromatic carbocycles. The van der Waals surface area contributed by atoms with Crippen molar-refractivity contribution in [3.63, 3.8) is 0 Å². The van der Waals surface area contributed by atoms with Crippen LogP contribution in [0.5, 0.6) is 0 Å². The molecule has 1 aliphatic rings. The Morgan fingerprint density at radius 2 is 1.68 bits per heavy atom. The largest absolute Gasteiger partial charge is 0.476 e. The molecule has 0 radical (unpaired) electrons. The van der Waals surface area contributed by atoms with Crippen LogP contribution in [0.15, 0.2) is 60.7 Å². The van der Waals surface area contributed by atoms with Gasteiger partial charge in [-0.15, -0.1) is 0 Å². The second kappa shape index (κ2) is 9.68. The summed E-state index contributed by atoms with van der Waals surface area (Å²) in [7, 11) is 0. The molecule has 1 saturated carbocycles. The van der Waals surface area contributed by atoms with E-state index >= 15 is 0 Å². The van der Waals surface area contributed by atoms with Gasteiger partial charge in [0, 0.05) is 17.3 Å². The SMILES string of the molecule is O=C(OP(=O)(O)Cl)C(c1ccccc1)N(OCc1ccccc1)C1CCCC1. The maximum atomic E-state index is 12.8. The van der Waals surface area contributed by atoms with Gasteiger partial charge in [-0.05, 0) is 24.0 Å². The zero-order valence-corrected chi connectivity index (χ0v) is 17.0. The number of hydrogen-bond acceptors (Lipinski definition) is 5. The quantitative estimate of drug-likeness (QED) is 0.476. The van der Waals surface area contributed by atoms with Gasteiger partial charge >= 0.3 is 12.9 Å². The number of halogens is 1. The van der Waals surface area contributed by atoms with Gasteiger partial charge < -0.3 is 9.42 Å². The van der Waals surface area contributed by atoms with Crippen molar-refractivity contribution in [1.82, 2.24) is 5.06 Å². The van der Waals surface area contributed by atoms with E-state index < -0.39 is 19.0 Å². The van der Waals surface area contributed by atoms with E-state index in [0.29, 0.717) is 5.56 Å². The highest BCUT2D eigenvalue weighted by atomic mass is 35.7. The number of benzene rings is 2. The van der Waals surface area contributed by atoms with Crippen LogP contribution in [-0.2, 0) is 25.3 Å². The third kappa shape index (κ3) is 5.90. The minimum absolute atomic E-state index is 0.00475. The first-order valence-corrected chi connectivity index (χ1v) is 11.7. The molecule has 3 rings (SSSR count). The van der Waals surface area contributed by atoms with Crippen LogP contribution >= 0.6 is 18.2 Å². The average Bonchev–Trinajstić information content (AvgIpc) is 3.19. The number of carbonyl (C=O) groups is 1. The van der Waals surface area contributed by atoms with Gasteiger partial charge in [-0.3, -0.25) is 4.84 Å². The van der Waals surface area contributed by atoms with Crippen LogP contribution in [0, 0.1) is 0 Å². The maximum absolute atomic E-state index is 12.8. The lowest BCUT2D eigenvalue weighted by atomic mass is 10.0. The van der Waals surface area contributed by atoms with Crippen LogP contribution in [-0.4, -0.2) is 22.0 Å². The number of nitrogens with zero attached hydrogens (tertiary/aromatic N) is 1. The second-order valence-electron chi connectivity index (χ2n) is 6.73. The Morgan fingerprint density at radius 3 is 2.25 bits per heavy atom. The van der Waals surface area contributed by atoms with Gasteiger partial charge in [-0.1, -0.05) is 73.5 Å². The van der Waals surface area contributed by atoms with Gasteiger partial charge in [0.05, 0.1) is 6.61 Å². The number of rotatable bonds is 8. The predicted molar refractivity (Wildman–Crippen MR) is 106 cm³/mol. The van der Waals surface area contributed by atoms with Crippen LogP contribution in [0.4, 0.5) is 0 Å². The molecule has 6 nitrogen and oxygen atoms in total. The van der Waals surface area contributed by atoms with Gasteiger partial charge in [0.25, 0.3) is 0 Å². The van der Waals surface area contributed by atoms with E-state index in [0.717, 1.165) is 31.2 Å². The summed E-state index contributed by atoms with van der Waals surface area (Å²) in [5, 5.41) is 1.62. The van der Waals surface area contributed by atoms with Crippen LogP contribution in [0.25, 0.3) is 0 Å². The van der Waals surface area contributed by atoms with Crippen molar-refractivity contribution in [3.8, 4) is 0 Å². The summed E-state index contributed by atoms with van der Waals surface area (Å²) in [6.45, 7) is -4.23. The second-order valence-corrected chi connectivity index (χ2v) is 9.10. The third-order valence-electron chi connectivity index (χ3n) is 4.70. The standard InChI is InChI=1S/C20H23ClNO5P/c21-28(24,25)27-20(23)19(17-11-5-2-6-12-17)22(18-13-7-8-14-18)26-15-16-9-3-1-4-10-16/h1-6,9-12,18-19H,7-8,13-15H2,(H,24,25). The van der Waals surface area contributed by atoms with E-state index in [1.807, 2.05) is 36.4 Å². The molecule has 0 amide bonds. The summed E-state index contributed by atoms with van der Waals surface area (Å²) in [6.07, 6.45) is 3.78. The third-order valence-corrected chi connectivity index (χ3v) is 5.32. The first-order valence-electron chi connectivity index (χ1n) is 9.20. The molecule has 0 aromatic heterocycles. The molecular weight excluding hydrogens is 401 g/mol. The van der Waals surface area contributed by atoms with Crippen molar-refractivity contribution in [2.45, 2.75) is 44.4 Å². The average molecular weight is 424 g/mol. The molecule has 0 spiro atoms. The first-order chi connectivity index (χ1) is 13.4. The van der Waals surface area contributed by atoms with Crippen LogP contribution < -0.4 is 0 Å². The van der Waals surface area contributed by atoms with Crippen molar-refractivity contribution in [2.75, 3.05) is 0 Å². The Kier molecular flexibility index (Phi) is 7.27. The first kappa shape index (κ1) is 21.0. The Bertz CT molecular complexity index is 808. The summed E-state index contributed by atoms with van der Waals surface area (Å²) in [6, 6.07) is 17.5. The lowest BCUT2D eigenvalue weighted by Crippen LogP contribution is -2.41. The molecule has 8 heteroatoms. The lowest BCUT2D eigenvalue weighted by molar-refractivity contribution is -0.227. The highest BCUT2D eigenvalue weighted by Crippen LogP contribution is 2.49. The summed E-state index contributed by atoms with van der Waals surface area (Å²) >= 11 is 5.31. The number of hydrogen-bond donors (Lipinski definition) is 1. The molecule has 1 N–H and O–H groups in total. The highest BCUT2D eigenvalue weighted by molar-refractivity contribution is 7.80. The van der Waals surface area contributed by atoms with Gasteiger partial charge in [0.15, 0.2) is 6.04 Å². The minimum Gasteiger partial charge on any atom is -0.379 e. The highest BCUT2D eigenvalue weighted by Gasteiger charge is 2.39. The van der Waals surface area contributed by atoms with E-state index in [1.165, 1.54) is 0 Å². The maximum Gasteiger partial charge on any atom is 0.476 e. The number of carbonyl (C=O) groups excluding carboxylic acids is 1. The molecule has 2 atom stereocenters. The Morgan fingerprint density at radius 1 is 1.11 bits per heavy atom. The molecule has 0 heterocycles. The molecule has 0 bridgehead atoms. The van der Waals surface area contributed by atoms with Gasteiger partial charge in [0.1, 0.15) is 0 Å². The lowest BCUT2D eigenvalue weighted by Gasteiger charge is -2.34. The molecule has 1 fully saturated rings. The van der Waals surface area contributed by atoms with Gasteiger partial charge in [-0.25, -0.2) is 9.36 Å². The van der Waals surface area contributed by atoms with Crippen molar-refractivity contribution >= 4 is 24.2 Å². The fraction of sp³-hybridized carbons (Fsp3) is 0.350. The fourth-order valence-electron chi connectivity index (χ4n) is 3.46. The fourth-order valence-corrected chi connectivity index (χ4v) is 3.98. The van der Waals surface area contributed by atoms with Crippen LogP contribution in [0.2, 0.25) is 0 Å². The van der Waals surface area contributed by atoms with E-state index in [9.17, 15) is 14.3 Å². The summed E-state index contributed by atoms with van der Waals surface area (Å²) in [5.74, 6) is -0.910. The van der Waals surface area contributed by atoms with E-state index in [2.05, 4.69) is 4.52 Å². The van der Waals surface area contributed by atoms with Crippen molar-refractivity contribution in [1.29, 1.82) is 0 Å². The topological polar surface area (TPSA) is 76.1 Å². The van der Waals surface area contributed by atoms with Gasteiger partial charge in [0.2, 0.25) is 0 Å². The minimum atomic E-state index is -4.50.